The number of carbonyl (C=O) groups is 1. The number of rotatable bonds is 5. The maximum absolute atomic E-state index is 11.9. The van der Waals surface area contributed by atoms with E-state index in [0.717, 1.165) is 12.2 Å². The van der Waals surface area contributed by atoms with Crippen LogP contribution in [0, 0.1) is 0 Å². The first kappa shape index (κ1) is 12.8. The Balaban J connectivity index is 2.57. The van der Waals surface area contributed by atoms with E-state index in [1.54, 1.807) is 19.3 Å². The SMILES string of the molecule is CCCC(C)(N)C(=O)N[C@H](C)c1ccco1. The molecule has 1 aromatic rings. The molecule has 1 heterocycles. The number of hydrogen-bond acceptors (Lipinski definition) is 3. The van der Waals surface area contributed by atoms with E-state index < -0.39 is 5.54 Å². The predicted molar refractivity (Wildman–Crippen MR) is 62.8 cm³/mol. The molecule has 16 heavy (non-hydrogen) atoms. The quantitative estimate of drug-likeness (QED) is 0.803. The van der Waals surface area contributed by atoms with Crippen molar-refractivity contribution >= 4 is 5.91 Å². The molecule has 0 aliphatic heterocycles. The van der Waals surface area contributed by atoms with Crippen molar-refractivity contribution in [3.63, 3.8) is 0 Å². The maximum atomic E-state index is 11.9. The molecule has 0 aromatic carbocycles. The molecule has 0 fully saturated rings. The van der Waals surface area contributed by atoms with Gasteiger partial charge in [0.25, 0.3) is 0 Å². The van der Waals surface area contributed by atoms with Crippen LogP contribution in [-0.2, 0) is 4.79 Å². The molecule has 0 bridgehead atoms. The van der Waals surface area contributed by atoms with E-state index in [1.165, 1.54) is 0 Å². The van der Waals surface area contributed by atoms with Gasteiger partial charge in [0.2, 0.25) is 5.91 Å². The summed E-state index contributed by atoms with van der Waals surface area (Å²) in [6.45, 7) is 5.63. The van der Waals surface area contributed by atoms with Crippen LogP contribution in [0.25, 0.3) is 0 Å². The molecule has 0 aliphatic carbocycles. The van der Waals surface area contributed by atoms with Gasteiger partial charge in [-0.1, -0.05) is 13.3 Å². The summed E-state index contributed by atoms with van der Waals surface area (Å²) >= 11 is 0. The summed E-state index contributed by atoms with van der Waals surface area (Å²) in [6.07, 6.45) is 3.14. The molecule has 0 aliphatic rings. The fourth-order valence-electron chi connectivity index (χ4n) is 1.60. The lowest BCUT2D eigenvalue weighted by atomic mass is 9.96. The highest BCUT2D eigenvalue weighted by Gasteiger charge is 2.28. The zero-order valence-corrected chi connectivity index (χ0v) is 10.1. The predicted octanol–water partition coefficient (Wildman–Crippen LogP) is 1.97. The van der Waals surface area contributed by atoms with Crippen molar-refractivity contribution in [1.29, 1.82) is 0 Å². The zero-order valence-electron chi connectivity index (χ0n) is 10.1. The molecular weight excluding hydrogens is 204 g/mol. The van der Waals surface area contributed by atoms with Crippen molar-refractivity contribution in [3.8, 4) is 0 Å². The Morgan fingerprint density at radius 3 is 2.88 bits per heavy atom. The van der Waals surface area contributed by atoms with Gasteiger partial charge in [0.05, 0.1) is 17.8 Å². The average Bonchev–Trinajstić information content (AvgIpc) is 2.70. The number of amides is 1. The van der Waals surface area contributed by atoms with Crippen molar-refractivity contribution in [2.24, 2.45) is 5.73 Å². The lowest BCUT2D eigenvalue weighted by molar-refractivity contribution is -0.126. The molecule has 0 spiro atoms. The zero-order chi connectivity index (χ0) is 12.2. The molecule has 1 amide bonds. The van der Waals surface area contributed by atoms with E-state index in [2.05, 4.69) is 5.32 Å². The van der Waals surface area contributed by atoms with Gasteiger partial charge in [0.1, 0.15) is 5.76 Å². The molecule has 1 unspecified atom stereocenters. The molecule has 4 heteroatoms. The minimum Gasteiger partial charge on any atom is -0.467 e. The molecule has 3 N–H and O–H groups in total. The van der Waals surface area contributed by atoms with Gasteiger partial charge in [-0.05, 0) is 32.4 Å². The van der Waals surface area contributed by atoms with Crippen LogP contribution in [0.3, 0.4) is 0 Å². The van der Waals surface area contributed by atoms with Crippen LogP contribution >= 0.6 is 0 Å². The van der Waals surface area contributed by atoms with Gasteiger partial charge >= 0.3 is 0 Å². The Kier molecular flexibility index (Phi) is 4.12. The van der Waals surface area contributed by atoms with Crippen LogP contribution in [0.2, 0.25) is 0 Å². The van der Waals surface area contributed by atoms with Gasteiger partial charge in [-0.25, -0.2) is 0 Å². The van der Waals surface area contributed by atoms with Crippen molar-refractivity contribution in [1.82, 2.24) is 5.32 Å². The van der Waals surface area contributed by atoms with Crippen LogP contribution in [0.15, 0.2) is 22.8 Å². The van der Waals surface area contributed by atoms with Gasteiger partial charge < -0.3 is 15.5 Å². The third-order valence-electron chi connectivity index (χ3n) is 2.61. The monoisotopic (exact) mass is 224 g/mol. The van der Waals surface area contributed by atoms with Gasteiger partial charge in [-0.3, -0.25) is 4.79 Å². The van der Waals surface area contributed by atoms with Crippen LogP contribution in [0.4, 0.5) is 0 Å². The Labute approximate surface area is 96.2 Å². The topological polar surface area (TPSA) is 68.3 Å². The summed E-state index contributed by atoms with van der Waals surface area (Å²) in [4.78, 5) is 11.9. The van der Waals surface area contributed by atoms with E-state index >= 15 is 0 Å². The van der Waals surface area contributed by atoms with Crippen LogP contribution in [0.5, 0.6) is 0 Å². The van der Waals surface area contributed by atoms with E-state index in [-0.39, 0.29) is 11.9 Å². The number of furan rings is 1. The van der Waals surface area contributed by atoms with E-state index in [1.807, 2.05) is 19.9 Å². The lowest BCUT2D eigenvalue weighted by Gasteiger charge is -2.24. The van der Waals surface area contributed by atoms with Gasteiger partial charge in [-0.2, -0.15) is 0 Å². The first-order valence-electron chi connectivity index (χ1n) is 5.60. The standard InChI is InChI=1S/C12H20N2O2/c1-4-7-12(3,13)11(15)14-9(2)10-6-5-8-16-10/h5-6,8-9H,4,7,13H2,1-3H3,(H,14,15)/t9-,12?/m1/s1. The van der Waals surface area contributed by atoms with E-state index in [4.69, 9.17) is 10.2 Å². The molecule has 90 valence electrons. The van der Waals surface area contributed by atoms with E-state index in [9.17, 15) is 4.79 Å². The first-order valence-corrected chi connectivity index (χ1v) is 5.60. The van der Waals surface area contributed by atoms with Crippen molar-refractivity contribution in [2.75, 3.05) is 0 Å². The molecule has 4 nitrogen and oxygen atoms in total. The smallest absolute Gasteiger partial charge is 0.240 e. The summed E-state index contributed by atoms with van der Waals surface area (Å²) in [5, 5.41) is 2.85. The third-order valence-corrected chi connectivity index (χ3v) is 2.61. The summed E-state index contributed by atoms with van der Waals surface area (Å²) in [5.41, 5.74) is 5.12. The van der Waals surface area contributed by atoms with Gasteiger partial charge in [0.15, 0.2) is 0 Å². The molecule has 0 saturated heterocycles. The Morgan fingerprint density at radius 2 is 2.38 bits per heavy atom. The summed E-state index contributed by atoms with van der Waals surface area (Å²) in [6, 6.07) is 3.48. The Hall–Kier alpha value is -1.29. The molecule has 0 saturated carbocycles. The van der Waals surface area contributed by atoms with Crippen LogP contribution in [0.1, 0.15) is 45.4 Å². The lowest BCUT2D eigenvalue weighted by Crippen LogP contribution is -2.51. The fourth-order valence-corrected chi connectivity index (χ4v) is 1.60. The molecule has 0 radical (unpaired) electrons. The highest BCUT2D eigenvalue weighted by molar-refractivity contribution is 5.85. The highest BCUT2D eigenvalue weighted by Crippen LogP contribution is 2.15. The largest absolute Gasteiger partial charge is 0.467 e. The second-order valence-corrected chi connectivity index (χ2v) is 4.38. The first-order chi connectivity index (χ1) is 7.47. The Bertz CT molecular complexity index is 331. The highest BCUT2D eigenvalue weighted by atomic mass is 16.3. The minimum absolute atomic E-state index is 0.141. The molecular formula is C12H20N2O2. The number of nitrogens with one attached hydrogen (secondary N) is 1. The number of hydrogen-bond donors (Lipinski definition) is 2. The number of carbonyl (C=O) groups excluding carboxylic acids is 1. The average molecular weight is 224 g/mol. The Morgan fingerprint density at radius 1 is 1.69 bits per heavy atom. The third kappa shape index (κ3) is 3.10. The van der Waals surface area contributed by atoms with Gasteiger partial charge in [0, 0.05) is 0 Å². The summed E-state index contributed by atoms with van der Waals surface area (Å²) in [5.74, 6) is 0.596. The van der Waals surface area contributed by atoms with Crippen molar-refractivity contribution in [2.45, 2.75) is 45.2 Å². The summed E-state index contributed by atoms with van der Waals surface area (Å²) < 4.78 is 5.21. The second kappa shape index (κ2) is 5.16. The number of nitrogens with two attached hydrogens (primary N) is 1. The minimum atomic E-state index is -0.810. The van der Waals surface area contributed by atoms with Gasteiger partial charge in [-0.15, -0.1) is 0 Å². The normalized spacial score (nSPS) is 16.5. The maximum Gasteiger partial charge on any atom is 0.240 e. The van der Waals surface area contributed by atoms with Crippen molar-refractivity contribution in [3.05, 3.63) is 24.2 Å². The summed E-state index contributed by atoms with van der Waals surface area (Å²) in [7, 11) is 0. The second-order valence-electron chi connectivity index (χ2n) is 4.38. The molecule has 2 atom stereocenters. The van der Waals surface area contributed by atoms with Crippen LogP contribution in [-0.4, -0.2) is 11.4 Å². The van der Waals surface area contributed by atoms with Crippen molar-refractivity contribution < 1.29 is 9.21 Å². The fraction of sp³-hybridized carbons (Fsp3) is 0.583. The van der Waals surface area contributed by atoms with Crippen LogP contribution < -0.4 is 11.1 Å². The van der Waals surface area contributed by atoms with E-state index in [0.29, 0.717) is 6.42 Å². The molecule has 1 rings (SSSR count). The molecule has 1 aromatic heterocycles.